The number of aromatic nitrogens is 1. The number of ether oxygens (including phenoxy) is 3. The van der Waals surface area contributed by atoms with E-state index in [1.807, 2.05) is 0 Å². The van der Waals surface area contributed by atoms with Gasteiger partial charge in [-0.2, -0.15) is 4.37 Å². The van der Waals surface area contributed by atoms with Crippen LogP contribution >= 0.6 is 11.5 Å². The molecule has 0 saturated carbocycles. The fourth-order valence-corrected chi connectivity index (χ4v) is 3.16. The number of esters is 1. The molecule has 2 aromatic rings. The summed E-state index contributed by atoms with van der Waals surface area (Å²) in [7, 11) is 1.65. The second-order valence-corrected chi connectivity index (χ2v) is 6.43. The van der Waals surface area contributed by atoms with E-state index < -0.39 is 24.5 Å². The third-order valence-corrected chi connectivity index (χ3v) is 4.64. The van der Waals surface area contributed by atoms with Crippen LogP contribution in [0.2, 0.25) is 0 Å². The summed E-state index contributed by atoms with van der Waals surface area (Å²) in [5.74, 6) is -0.378. The van der Waals surface area contributed by atoms with Crippen LogP contribution in [-0.2, 0) is 9.53 Å². The molecule has 0 spiro atoms. The number of nitrogens with zero attached hydrogens (tertiary/aromatic N) is 1. The summed E-state index contributed by atoms with van der Waals surface area (Å²) in [5, 5.41) is 7.96. The molecule has 1 aromatic carbocycles. The van der Waals surface area contributed by atoms with Gasteiger partial charge in [0.2, 0.25) is 0 Å². The average molecular weight is 406 g/mol. The van der Waals surface area contributed by atoms with Crippen molar-refractivity contribution in [1.29, 1.82) is 0 Å². The number of aryl methyl sites for hydroxylation is 1. The van der Waals surface area contributed by atoms with Crippen LogP contribution in [0.4, 0.5) is 15.5 Å². The fourth-order valence-electron chi connectivity index (χ4n) is 2.43. The monoisotopic (exact) mass is 406 g/mol. The van der Waals surface area contributed by atoms with Crippen LogP contribution in [-0.4, -0.2) is 49.1 Å². The SMILES string of the molecule is CNc1snc(C)c1C(=O)OCC(=O)NC(=O)Nc1ccc2c(c1)OCCO2. The van der Waals surface area contributed by atoms with Crippen molar-refractivity contribution >= 4 is 40.1 Å². The summed E-state index contributed by atoms with van der Waals surface area (Å²) >= 11 is 1.11. The topological polar surface area (TPSA) is 128 Å². The fraction of sp³-hybridized carbons (Fsp3) is 0.294. The van der Waals surface area contributed by atoms with Crippen molar-refractivity contribution in [2.75, 3.05) is 37.5 Å². The third-order valence-electron chi connectivity index (χ3n) is 3.68. The molecule has 0 unspecified atom stereocenters. The van der Waals surface area contributed by atoms with Gasteiger partial charge in [0.1, 0.15) is 23.8 Å². The number of carbonyl (C=O) groups is 3. The number of rotatable bonds is 5. The Bertz CT molecular complexity index is 913. The summed E-state index contributed by atoms with van der Waals surface area (Å²) in [6, 6.07) is 4.10. The lowest BCUT2D eigenvalue weighted by molar-refractivity contribution is -0.123. The van der Waals surface area contributed by atoms with Gasteiger partial charge in [0.25, 0.3) is 5.91 Å². The van der Waals surface area contributed by atoms with Crippen molar-refractivity contribution in [3.05, 3.63) is 29.5 Å². The summed E-state index contributed by atoms with van der Waals surface area (Å²) in [6.45, 7) is 1.94. The molecule has 0 fully saturated rings. The van der Waals surface area contributed by atoms with E-state index in [-0.39, 0.29) is 5.56 Å². The maximum atomic E-state index is 12.1. The van der Waals surface area contributed by atoms with Crippen molar-refractivity contribution in [2.45, 2.75) is 6.92 Å². The van der Waals surface area contributed by atoms with Gasteiger partial charge in [-0.15, -0.1) is 0 Å². The van der Waals surface area contributed by atoms with Gasteiger partial charge < -0.3 is 24.8 Å². The van der Waals surface area contributed by atoms with E-state index in [1.165, 1.54) is 0 Å². The van der Waals surface area contributed by atoms with Gasteiger partial charge in [0, 0.05) is 18.8 Å². The molecular weight excluding hydrogens is 388 g/mol. The summed E-state index contributed by atoms with van der Waals surface area (Å²) in [5.41, 5.74) is 1.18. The van der Waals surface area contributed by atoms with Gasteiger partial charge in [-0.1, -0.05) is 0 Å². The Morgan fingerprint density at radius 3 is 2.71 bits per heavy atom. The van der Waals surface area contributed by atoms with Crippen LogP contribution < -0.4 is 25.4 Å². The van der Waals surface area contributed by atoms with Crippen LogP contribution in [0.1, 0.15) is 16.1 Å². The van der Waals surface area contributed by atoms with Gasteiger partial charge in [-0.3, -0.25) is 10.1 Å². The van der Waals surface area contributed by atoms with E-state index in [9.17, 15) is 14.4 Å². The van der Waals surface area contributed by atoms with Crippen molar-refractivity contribution < 1.29 is 28.6 Å². The maximum absolute atomic E-state index is 12.1. The predicted molar refractivity (Wildman–Crippen MR) is 101 cm³/mol. The number of benzene rings is 1. The lowest BCUT2D eigenvalue weighted by Gasteiger charge is -2.19. The van der Waals surface area contributed by atoms with Crippen molar-refractivity contribution in [1.82, 2.24) is 9.69 Å². The number of hydrogen-bond donors (Lipinski definition) is 3. The smallest absolute Gasteiger partial charge is 0.343 e. The molecule has 3 N–H and O–H groups in total. The van der Waals surface area contributed by atoms with E-state index in [2.05, 4.69) is 20.3 Å². The largest absolute Gasteiger partial charge is 0.486 e. The van der Waals surface area contributed by atoms with E-state index in [4.69, 9.17) is 14.2 Å². The Hall–Kier alpha value is -3.34. The zero-order chi connectivity index (χ0) is 20.1. The highest BCUT2D eigenvalue weighted by molar-refractivity contribution is 7.10. The molecule has 2 heterocycles. The van der Waals surface area contributed by atoms with Gasteiger partial charge in [0.15, 0.2) is 18.1 Å². The number of anilines is 2. The lowest BCUT2D eigenvalue weighted by atomic mass is 10.2. The molecule has 0 atom stereocenters. The van der Waals surface area contributed by atoms with E-state index >= 15 is 0 Å². The molecule has 0 bridgehead atoms. The lowest BCUT2D eigenvalue weighted by Crippen LogP contribution is -2.37. The van der Waals surface area contributed by atoms with E-state index in [0.29, 0.717) is 41.1 Å². The number of amides is 3. The van der Waals surface area contributed by atoms with Gasteiger partial charge >= 0.3 is 12.0 Å². The quantitative estimate of drug-likeness (QED) is 0.641. The Labute approximate surface area is 164 Å². The number of urea groups is 1. The standard InChI is InChI=1S/C17H18N4O6S/c1-9-14(15(18-2)28-21-9)16(23)27-8-13(22)20-17(24)19-10-3-4-11-12(7-10)26-6-5-25-11/h3-4,7,18H,5-6,8H2,1-2H3,(H2,19,20,22,24). The average Bonchev–Trinajstić information content (AvgIpc) is 3.06. The number of fused-ring (bicyclic) bond motifs is 1. The number of carbonyl (C=O) groups excluding carboxylic acids is 3. The highest BCUT2D eigenvalue weighted by Gasteiger charge is 2.21. The maximum Gasteiger partial charge on any atom is 0.343 e. The molecule has 10 nitrogen and oxygen atoms in total. The Kier molecular flexibility index (Phi) is 5.94. The van der Waals surface area contributed by atoms with E-state index in [1.54, 1.807) is 32.2 Å². The zero-order valence-electron chi connectivity index (χ0n) is 15.2. The molecule has 3 rings (SSSR count). The van der Waals surface area contributed by atoms with Crippen LogP contribution in [0.15, 0.2) is 18.2 Å². The third kappa shape index (κ3) is 4.49. The Morgan fingerprint density at radius 2 is 1.96 bits per heavy atom. The first-order valence-corrected chi connectivity index (χ1v) is 9.07. The molecule has 11 heteroatoms. The predicted octanol–water partition coefficient (Wildman–Crippen LogP) is 1.77. The minimum atomic E-state index is -0.768. The molecule has 0 aliphatic carbocycles. The first kappa shape index (κ1) is 19.4. The second kappa shape index (κ2) is 8.57. The highest BCUT2D eigenvalue weighted by atomic mass is 32.1. The van der Waals surface area contributed by atoms with E-state index in [0.717, 1.165) is 11.5 Å². The minimum Gasteiger partial charge on any atom is -0.486 e. The number of hydrogen-bond acceptors (Lipinski definition) is 9. The molecule has 0 saturated heterocycles. The van der Waals surface area contributed by atoms with Crippen molar-refractivity contribution in [3.8, 4) is 11.5 Å². The Morgan fingerprint density at radius 1 is 1.21 bits per heavy atom. The highest BCUT2D eigenvalue weighted by Crippen LogP contribution is 2.32. The molecule has 0 radical (unpaired) electrons. The first-order chi connectivity index (χ1) is 13.5. The summed E-state index contributed by atoms with van der Waals surface area (Å²) in [6.07, 6.45) is 0. The molecule has 1 aromatic heterocycles. The number of nitrogens with one attached hydrogen (secondary N) is 3. The zero-order valence-corrected chi connectivity index (χ0v) is 16.0. The normalized spacial score (nSPS) is 12.1. The number of imide groups is 1. The second-order valence-electron chi connectivity index (χ2n) is 5.66. The molecular formula is C17H18N4O6S. The van der Waals surface area contributed by atoms with Gasteiger partial charge in [-0.05, 0) is 30.6 Å². The summed E-state index contributed by atoms with van der Waals surface area (Å²) < 4.78 is 19.8. The molecule has 148 valence electrons. The first-order valence-electron chi connectivity index (χ1n) is 8.29. The molecule has 1 aliphatic rings. The van der Waals surface area contributed by atoms with Crippen LogP contribution in [0.3, 0.4) is 0 Å². The van der Waals surface area contributed by atoms with Crippen LogP contribution in [0.5, 0.6) is 11.5 Å². The Balaban J connectivity index is 1.50. The molecule has 1 aliphatic heterocycles. The van der Waals surface area contributed by atoms with Crippen molar-refractivity contribution in [2.24, 2.45) is 0 Å². The van der Waals surface area contributed by atoms with Crippen LogP contribution in [0, 0.1) is 6.92 Å². The summed E-state index contributed by atoms with van der Waals surface area (Å²) in [4.78, 5) is 35.9. The van der Waals surface area contributed by atoms with Crippen LogP contribution in [0.25, 0.3) is 0 Å². The molecule has 3 amide bonds. The minimum absolute atomic E-state index is 0.265. The van der Waals surface area contributed by atoms with Crippen molar-refractivity contribution in [3.63, 3.8) is 0 Å². The van der Waals surface area contributed by atoms with Gasteiger partial charge in [0.05, 0.1) is 5.69 Å². The van der Waals surface area contributed by atoms with Gasteiger partial charge in [-0.25, -0.2) is 9.59 Å². The molecule has 28 heavy (non-hydrogen) atoms.